The van der Waals surface area contributed by atoms with Crippen molar-refractivity contribution in [2.75, 3.05) is 0 Å². The molecule has 2 aromatic heterocycles. The van der Waals surface area contributed by atoms with Gasteiger partial charge in [0.15, 0.2) is 17.5 Å². The lowest BCUT2D eigenvalue weighted by molar-refractivity contribution is 1.07. The van der Waals surface area contributed by atoms with Crippen LogP contribution in [0.15, 0.2) is 218 Å². The lowest BCUT2D eigenvalue weighted by Crippen LogP contribution is -2.00. The van der Waals surface area contributed by atoms with Crippen LogP contribution < -0.4 is 0 Å². The highest BCUT2D eigenvalue weighted by molar-refractivity contribution is 6.26. The summed E-state index contributed by atoms with van der Waals surface area (Å²) in [4.78, 5) is 15.0. The molecule has 0 fully saturated rings. The molecule has 0 atom stereocenters. The largest absolute Gasteiger partial charge is 0.309 e. The van der Waals surface area contributed by atoms with Gasteiger partial charge in [0.05, 0.1) is 11.0 Å². The van der Waals surface area contributed by atoms with E-state index >= 15 is 0 Å². The van der Waals surface area contributed by atoms with Crippen LogP contribution in [0.25, 0.3) is 116 Å². The van der Waals surface area contributed by atoms with Crippen LogP contribution in [0.1, 0.15) is 0 Å². The second kappa shape index (κ2) is 14.3. The molecule has 0 saturated carbocycles. The van der Waals surface area contributed by atoms with Gasteiger partial charge in [-0.1, -0.05) is 176 Å². The Bertz CT molecular complexity index is 3560. The number of hydrogen-bond donors (Lipinski definition) is 0. The number of benzene rings is 10. The number of fused-ring (bicyclic) bond motifs is 9. The van der Waals surface area contributed by atoms with E-state index in [1.54, 1.807) is 0 Å². The predicted molar refractivity (Wildman–Crippen MR) is 254 cm³/mol. The molecule has 10 aromatic carbocycles. The first-order valence-corrected chi connectivity index (χ1v) is 20.7. The average molecular weight is 777 g/mol. The van der Waals surface area contributed by atoms with E-state index in [1.807, 2.05) is 60.7 Å². The smallest absolute Gasteiger partial charge is 0.164 e. The molecular weight excluding hydrogens is 741 g/mol. The van der Waals surface area contributed by atoms with Crippen molar-refractivity contribution in [3.05, 3.63) is 218 Å². The van der Waals surface area contributed by atoms with E-state index < -0.39 is 0 Å². The minimum Gasteiger partial charge on any atom is -0.309 e. The summed E-state index contributed by atoms with van der Waals surface area (Å²) in [6.07, 6.45) is 0. The lowest BCUT2D eigenvalue weighted by Gasteiger charge is -2.17. The van der Waals surface area contributed by atoms with Crippen LogP contribution in [0.5, 0.6) is 0 Å². The summed E-state index contributed by atoms with van der Waals surface area (Å²) in [5.74, 6) is 1.93. The maximum Gasteiger partial charge on any atom is 0.164 e. The van der Waals surface area contributed by atoms with E-state index in [4.69, 9.17) is 15.0 Å². The maximum atomic E-state index is 5.02. The van der Waals surface area contributed by atoms with E-state index in [1.165, 1.54) is 65.3 Å². The summed E-state index contributed by atoms with van der Waals surface area (Å²) in [7, 11) is 0. The first-order valence-electron chi connectivity index (χ1n) is 20.7. The van der Waals surface area contributed by atoms with Crippen molar-refractivity contribution >= 4 is 54.1 Å². The molecule has 0 bridgehead atoms. The second-order valence-electron chi connectivity index (χ2n) is 15.6. The van der Waals surface area contributed by atoms with E-state index in [2.05, 4.69) is 162 Å². The zero-order chi connectivity index (χ0) is 40.3. The average Bonchev–Trinajstić information content (AvgIpc) is 3.68. The summed E-state index contributed by atoms with van der Waals surface area (Å²) >= 11 is 0. The first-order chi connectivity index (χ1) is 30.2. The highest BCUT2D eigenvalue weighted by Gasteiger charge is 2.19. The minimum atomic E-state index is 0.635. The quantitative estimate of drug-likeness (QED) is 0.158. The molecular formula is C57H36N4. The zero-order valence-corrected chi connectivity index (χ0v) is 33.1. The summed E-state index contributed by atoms with van der Waals surface area (Å²) in [5, 5.41) is 9.94. The third kappa shape index (κ3) is 5.88. The minimum absolute atomic E-state index is 0.635. The van der Waals surface area contributed by atoms with E-state index in [0.29, 0.717) is 17.5 Å². The van der Waals surface area contributed by atoms with Gasteiger partial charge in [0, 0.05) is 33.2 Å². The fraction of sp³-hybridized carbons (Fsp3) is 0. The van der Waals surface area contributed by atoms with Crippen molar-refractivity contribution < 1.29 is 0 Å². The zero-order valence-electron chi connectivity index (χ0n) is 33.1. The van der Waals surface area contributed by atoms with Crippen LogP contribution in [-0.4, -0.2) is 19.5 Å². The molecule has 0 aliphatic heterocycles. The maximum absolute atomic E-state index is 5.02. The topological polar surface area (TPSA) is 43.6 Å². The Morgan fingerprint density at radius 3 is 1.16 bits per heavy atom. The van der Waals surface area contributed by atoms with E-state index in [0.717, 1.165) is 33.5 Å². The number of aromatic nitrogens is 4. The molecule has 0 saturated heterocycles. The number of hydrogen-bond acceptors (Lipinski definition) is 3. The highest BCUT2D eigenvalue weighted by atomic mass is 15.0. The molecule has 2 heterocycles. The monoisotopic (exact) mass is 776 g/mol. The lowest BCUT2D eigenvalue weighted by atomic mass is 9.87. The third-order valence-electron chi connectivity index (χ3n) is 12.0. The molecule has 0 amide bonds. The molecule has 0 aliphatic carbocycles. The van der Waals surface area contributed by atoms with Crippen molar-refractivity contribution in [2.24, 2.45) is 0 Å². The van der Waals surface area contributed by atoms with E-state index in [9.17, 15) is 0 Å². The van der Waals surface area contributed by atoms with Gasteiger partial charge in [0.25, 0.3) is 0 Å². The molecule has 0 aliphatic rings. The summed E-state index contributed by atoms with van der Waals surface area (Å²) in [6, 6.07) is 77.8. The molecule has 4 nitrogen and oxygen atoms in total. The van der Waals surface area contributed by atoms with E-state index in [-0.39, 0.29) is 0 Å². The Morgan fingerprint density at radius 1 is 0.246 bits per heavy atom. The summed E-state index contributed by atoms with van der Waals surface area (Å²) < 4.78 is 2.38. The van der Waals surface area contributed by atoms with Gasteiger partial charge in [-0.05, 0) is 97.0 Å². The van der Waals surface area contributed by atoms with Crippen LogP contribution in [0, 0.1) is 0 Å². The van der Waals surface area contributed by atoms with Gasteiger partial charge < -0.3 is 4.57 Å². The Kier molecular flexibility index (Phi) is 8.13. The second-order valence-corrected chi connectivity index (χ2v) is 15.6. The van der Waals surface area contributed by atoms with Crippen LogP contribution in [0.3, 0.4) is 0 Å². The van der Waals surface area contributed by atoms with Gasteiger partial charge >= 0.3 is 0 Å². The van der Waals surface area contributed by atoms with Gasteiger partial charge in [-0.25, -0.2) is 15.0 Å². The normalized spacial score (nSPS) is 11.6. The first kappa shape index (κ1) is 34.8. The van der Waals surface area contributed by atoms with Gasteiger partial charge in [0.2, 0.25) is 0 Å². The fourth-order valence-corrected chi connectivity index (χ4v) is 9.16. The summed E-state index contributed by atoms with van der Waals surface area (Å²) in [5.41, 5.74) is 11.0. The van der Waals surface area contributed by atoms with Crippen LogP contribution in [-0.2, 0) is 0 Å². The van der Waals surface area contributed by atoms with Gasteiger partial charge in [0.1, 0.15) is 0 Å². The molecule has 12 aromatic rings. The SMILES string of the molecule is c1ccc(-c2nc(-c3ccccc3)nc(-c3ccc(-c4cc5c6ccccc6c6ccccc6c5cc4-c4ccc5c(c4)c4ccccc4n5-c4ccccc4)cc3)n2)cc1. The molecule has 0 N–H and O–H groups in total. The fourth-order valence-electron chi connectivity index (χ4n) is 9.16. The third-order valence-corrected chi connectivity index (χ3v) is 12.0. The Balaban J connectivity index is 1.08. The molecule has 61 heavy (non-hydrogen) atoms. The Morgan fingerprint density at radius 2 is 0.623 bits per heavy atom. The van der Waals surface area contributed by atoms with Crippen molar-refractivity contribution in [2.45, 2.75) is 0 Å². The molecule has 0 unspecified atom stereocenters. The van der Waals surface area contributed by atoms with Crippen LogP contribution in [0.2, 0.25) is 0 Å². The molecule has 4 heteroatoms. The molecule has 12 rings (SSSR count). The van der Waals surface area contributed by atoms with Gasteiger partial charge in [-0.2, -0.15) is 0 Å². The standard InChI is InChI=1S/C57H36N4/c1-4-16-38(17-5-1)55-58-56(39-18-6-2-7-19-39)60-57(59-55)40-30-28-37(29-31-40)48-35-50-45-24-12-10-22-43(45)44-23-11-13-25-46(44)51(50)36-49(48)41-32-33-54-52(34-41)47-26-14-15-27-53(47)61(54)42-20-8-3-9-21-42/h1-36H. The van der Waals surface area contributed by atoms with Crippen molar-refractivity contribution in [3.8, 4) is 62.1 Å². The van der Waals surface area contributed by atoms with Gasteiger partial charge in [-0.15, -0.1) is 0 Å². The molecule has 0 spiro atoms. The number of rotatable bonds is 6. The van der Waals surface area contributed by atoms with Crippen LogP contribution >= 0.6 is 0 Å². The van der Waals surface area contributed by atoms with Gasteiger partial charge in [-0.3, -0.25) is 0 Å². The predicted octanol–water partition coefficient (Wildman–Crippen LogP) is 14.8. The Hall–Kier alpha value is -8.21. The summed E-state index contributed by atoms with van der Waals surface area (Å²) in [6.45, 7) is 0. The van der Waals surface area contributed by atoms with Crippen molar-refractivity contribution in [1.82, 2.24) is 19.5 Å². The Labute approximate surface area is 352 Å². The van der Waals surface area contributed by atoms with Crippen molar-refractivity contribution in [1.29, 1.82) is 0 Å². The van der Waals surface area contributed by atoms with Crippen LogP contribution in [0.4, 0.5) is 0 Å². The highest BCUT2D eigenvalue weighted by Crippen LogP contribution is 2.44. The number of para-hydroxylation sites is 2. The number of nitrogens with zero attached hydrogens (tertiary/aromatic N) is 4. The molecule has 0 radical (unpaired) electrons. The molecule has 284 valence electrons. The van der Waals surface area contributed by atoms with Crippen molar-refractivity contribution in [3.63, 3.8) is 0 Å².